The minimum Gasteiger partial charge on any atom is -0.294 e. The van der Waals surface area contributed by atoms with E-state index < -0.39 is 5.91 Å². The van der Waals surface area contributed by atoms with Crippen LogP contribution >= 0.6 is 22.7 Å². The smallest absolute Gasteiger partial charge is 0.294 e. The molecular weight excluding hydrogens is 382 g/mol. The summed E-state index contributed by atoms with van der Waals surface area (Å²) in [6.45, 7) is 8.45. The van der Waals surface area contributed by atoms with Gasteiger partial charge in [0.1, 0.15) is 6.54 Å². The molecule has 2 aromatic heterocycles. The lowest BCUT2D eigenvalue weighted by molar-refractivity contribution is -0.122. The van der Waals surface area contributed by atoms with Crippen molar-refractivity contribution in [1.82, 2.24) is 15.4 Å². The van der Waals surface area contributed by atoms with Crippen molar-refractivity contribution in [2.24, 2.45) is 11.3 Å². The maximum absolute atomic E-state index is 12.4. The molecule has 0 radical (unpaired) electrons. The largest absolute Gasteiger partial charge is 0.307 e. The van der Waals surface area contributed by atoms with Crippen molar-refractivity contribution < 1.29 is 9.59 Å². The quantitative estimate of drug-likeness (QED) is 0.768. The van der Waals surface area contributed by atoms with Gasteiger partial charge in [0.25, 0.3) is 11.8 Å². The zero-order chi connectivity index (χ0) is 19.8. The van der Waals surface area contributed by atoms with Gasteiger partial charge in [-0.25, -0.2) is 0 Å². The molecule has 2 N–H and O–H groups in total. The minimum absolute atomic E-state index is 0.108. The Bertz CT molecular complexity index is 918. The van der Waals surface area contributed by atoms with Crippen molar-refractivity contribution in [2.75, 3.05) is 0 Å². The highest BCUT2D eigenvalue weighted by atomic mass is 32.1. The topological polar surface area (TPSA) is 80.2 Å². The number of fused-ring (bicyclic) bond motifs is 1. The van der Waals surface area contributed by atoms with Crippen LogP contribution in [0.25, 0.3) is 0 Å². The van der Waals surface area contributed by atoms with E-state index in [-0.39, 0.29) is 22.7 Å². The molecule has 0 unspecified atom stereocenters. The van der Waals surface area contributed by atoms with Gasteiger partial charge in [-0.05, 0) is 49.1 Å². The third-order valence-electron chi connectivity index (χ3n) is 5.12. The fraction of sp³-hybridized carbons (Fsp3) is 0.526. The molecule has 0 spiro atoms. The van der Waals surface area contributed by atoms with E-state index in [2.05, 4.69) is 31.6 Å². The first-order chi connectivity index (χ1) is 12.6. The number of rotatable bonds is 3. The lowest BCUT2D eigenvalue weighted by atomic mass is 9.72. The van der Waals surface area contributed by atoms with Crippen molar-refractivity contribution in [3.05, 3.63) is 42.1 Å². The Morgan fingerprint density at radius 1 is 1.30 bits per heavy atom. The van der Waals surface area contributed by atoms with E-state index in [1.165, 1.54) is 26.3 Å². The van der Waals surface area contributed by atoms with Crippen LogP contribution < -0.4 is 15.7 Å². The molecular formula is C19H25N3O3S2. The fourth-order valence-corrected chi connectivity index (χ4v) is 5.18. The Morgan fingerprint density at radius 3 is 2.67 bits per heavy atom. The van der Waals surface area contributed by atoms with Gasteiger partial charge in [0.15, 0.2) is 0 Å². The number of hydrazine groups is 1. The van der Waals surface area contributed by atoms with Crippen molar-refractivity contribution in [3.8, 4) is 0 Å². The Balaban J connectivity index is 1.59. The highest BCUT2D eigenvalue weighted by molar-refractivity contribution is 7.14. The first kappa shape index (κ1) is 19.8. The predicted molar refractivity (Wildman–Crippen MR) is 108 cm³/mol. The molecule has 0 fully saturated rings. The maximum Gasteiger partial charge on any atom is 0.307 e. The molecule has 1 aliphatic carbocycles. The molecule has 8 heteroatoms. The van der Waals surface area contributed by atoms with Crippen molar-refractivity contribution in [2.45, 2.75) is 53.5 Å². The number of thiophene rings is 1. The molecule has 2 amide bonds. The van der Waals surface area contributed by atoms with Crippen LogP contribution in [0.4, 0.5) is 0 Å². The molecule has 3 rings (SSSR count). The second-order valence-corrected chi connectivity index (χ2v) is 10.1. The van der Waals surface area contributed by atoms with Crippen LogP contribution in [-0.2, 0) is 24.2 Å². The van der Waals surface area contributed by atoms with Gasteiger partial charge < -0.3 is 0 Å². The Labute approximate surface area is 166 Å². The van der Waals surface area contributed by atoms with Gasteiger partial charge in [0.05, 0.1) is 4.88 Å². The number of thiazole rings is 1. The molecule has 1 atom stereocenters. The Hall–Kier alpha value is -1.93. The monoisotopic (exact) mass is 407 g/mol. The van der Waals surface area contributed by atoms with Crippen LogP contribution in [0.3, 0.4) is 0 Å². The van der Waals surface area contributed by atoms with Crippen molar-refractivity contribution >= 4 is 34.5 Å². The zero-order valence-electron chi connectivity index (χ0n) is 16.0. The maximum atomic E-state index is 12.4. The summed E-state index contributed by atoms with van der Waals surface area (Å²) in [5.41, 5.74) is 7.10. The van der Waals surface area contributed by atoms with E-state index in [1.54, 1.807) is 12.3 Å². The average molecular weight is 408 g/mol. The lowest BCUT2D eigenvalue weighted by Gasteiger charge is -2.33. The van der Waals surface area contributed by atoms with E-state index in [4.69, 9.17) is 0 Å². The zero-order valence-corrected chi connectivity index (χ0v) is 17.7. The molecule has 1 aliphatic rings. The summed E-state index contributed by atoms with van der Waals surface area (Å²) in [7, 11) is 0. The molecule has 6 nitrogen and oxygen atoms in total. The normalized spacial score (nSPS) is 16.7. The molecule has 0 saturated heterocycles. The highest BCUT2D eigenvalue weighted by Crippen LogP contribution is 2.40. The van der Waals surface area contributed by atoms with Crippen molar-refractivity contribution in [3.63, 3.8) is 0 Å². The second kappa shape index (κ2) is 7.59. The van der Waals surface area contributed by atoms with E-state index in [1.807, 2.05) is 6.07 Å². The number of aromatic nitrogens is 1. The van der Waals surface area contributed by atoms with Crippen LogP contribution in [-0.4, -0.2) is 16.4 Å². The van der Waals surface area contributed by atoms with E-state index in [9.17, 15) is 14.4 Å². The molecule has 0 aromatic carbocycles. The van der Waals surface area contributed by atoms with Gasteiger partial charge in [0, 0.05) is 16.0 Å². The Kier molecular flexibility index (Phi) is 5.58. The second-order valence-electron chi connectivity index (χ2n) is 8.10. The number of carbonyl (C=O) groups excluding carboxylic acids is 2. The number of amides is 2. The molecule has 146 valence electrons. The van der Waals surface area contributed by atoms with Crippen LogP contribution in [0.15, 0.2) is 16.2 Å². The standard InChI is InChI=1S/C19H25N3O3S2/c1-11-10-26-18(25)22(11)9-16(23)20-21-17(24)15-8-12-7-13(19(2,3)4)5-6-14(12)27-15/h8,10,13H,5-7,9H2,1-4H3,(H,20,23)(H,21,24)/t13-/m1/s1. The van der Waals surface area contributed by atoms with Crippen LogP contribution in [0.2, 0.25) is 0 Å². The van der Waals surface area contributed by atoms with Gasteiger partial charge in [-0.3, -0.25) is 29.8 Å². The van der Waals surface area contributed by atoms with Crippen LogP contribution in [0.1, 0.15) is 53.0 Å². The van der Waals surface area contributed by atoms with Crippen LogP contribution in [0, 0.1) is 18.3 Å². The molecule has 0 aliphatic heterocycles. The van der Waals surface area contributed by atoms with Gasteiger partial charge in [-0.15, -0.1) is 11.3 Å². The SMILES string of the molecule is Cc1csc(=O)n1CC(=O)NNC(=O)c1cc2c(s1)CC[C@@H](C(C)(C)C)C2. The summed E-state index contributed by atoms with van der Waals surface area (Å²) in [6, 6.07) is 1.95. The average Bonchev–Trinajstić information content (AvgIpc) is 3.16. The number of hydrogen-bond donors (Lipinski definition) is 2. The predicted octanol–water partition coefficient (Wildman–Crippen LogP) is 2.89. The van der Waals surface area contributed by atoms with Gasteiger partial charge in [0.2, 0.25) is 0 Å². The van der Waals surface area contributed by atoms with Gasteiger partial charge >= 0.3 is 4.87 Å². The number of carbonyl (C=O) groups is 2. The number of hydrogen-bond acceptors (Lipinski definition) is 5. The Morgan fingerprint density at radius 2 is 2.04 bits per heavy atom. The van der Waals surface area contributed by atoms with E-state index in [0.717, 1.165) is 36.3 Å². The highest BCUT2D eigenvalue weighted by Gasteiger charge is 2.30. The molecule has 27 heavy (non-hydrogen) atoms. The summed E-state index contributed by atoms with van der Waals surface area (Å²) in [6.07, 6.45) is 3.14. The van der Waals surface area contributed by atoms with Crippen LogP contribution in [0.5, 0.6) is 0 Å². The van der Waals surface area contributed by atoms with Gasteiger partial charge in [-0.2, -0.15) is 0 Å². The number of nitrogens with zero attached hydrogens (tertiary/aromatic N) is 1. The third-order valence-corrected chi connectivity index (χ3v) is 7.24. The van der Waals surface area contributed by atoms with E-state index in [0.29, 0.717) is 10.8 Å². The third kappa shape index (κ3) is 4.50. The first-order valence-corrected chi connectivity index (χ1v) is 10.7. The fourth-order valence-electron chi connectivity index (χ4n) is 3.34. The lowest BCUT2D eigenvalue weighted by Crippen LogP contribution is -2.43. The summed E-state index contributed by atoms with van der Waals surface area (Å²) in [4.78, 5) is 37.8. The number of aryl methyl sites for hydroxylation is 2. The minimum atomic E-state index is -0.430. The summed E-state index contributed by atoms with van der Waals surface area (Å²) >= 11 is 2.55. The van der Waals surface area contributed by atoms with Crippen molar-refractivity contribution in [1.29, 1.82) is 0 Å². The first-order valence-electron chi connectivity index (χ1n) is 9.01. The molecule has 2 aromatic rings. The van der Waals surface area contributed by atoms with Gasteiger partial charge in [-0.1, -0.05) is 32.1 Å². The summed E-state index contributed by atoms with van der Waals surface area (Å²) in [5, 5.41) is 1.70. The number of nitrogens with one attached hydrogen (secondary N) is 2. The van der Waals surface area contributed by atoms with E-state index >= 15 is 0 Å². The summed E-state index contributed by atoms with van der Waals surface area (Å²) < 4.78 is 1.38. The molecule has 0 saturated carbocycles. The molecule has 2 heterocycles. The summed E-state index contributed by atoms with van der Waals surface area (Å²) in [5.74, 6) is -0.132. The molecule has 0 bridgehead atoms.